The number of carbonyl (C=O) groups excluding carboxylic acids is 2. The lowest BCUT2D eigenvalue weighted by atomic mass is 9.95. The van der Waals surface area contributed by atoms with Crippen LogP contribution in [0.2, 0.25) is 0 Å². The molecule has 2 amide bonds. The minimum Gasteiger partial charge on any atom is -0.474 e. The van der Waals surface area contributed by atoms with Crippen LogP contribution in [0.5, 0.6) is 0 Å². The van der Waals surface area contributed by atoms with Crippen LogP contribution in [0.4, 0.5) is 11.4 Å². The summed E-state index contributed by atoms with van der Waals surface area (Å²) in [6.45, 7) is 8.61. The van der Waals surface area contributed by atoms with Gasteiger partial charge in [-0.05, 0) is 30.7 Å². The number of hydrogen-bond acceptors (Lipinski definition) is 7. The highest BCUT2D eigenvalue weighted by Gasteiger charge is 2.39. The van der Waals surface area contributed by atoms with E-state index in [0.717, 1.165) is 11.3 Å². The van der Waals surface area contributed by atoms with E-state index in [1.807, 2.05) is 82.3 Å². The van der Waals surface area contributed by atoms with Crippen LogP contribution >= 0.6 is 11.8 Å². The summed E-state index contributed by atoms with van der Waals surface area (Å²) >= 11 is 1.35. The van der Waals surface area contributed by atoms with E-state index in [2.05, 4.69) is 21.7 Å². The summed E-state index contributed by atoms with van der Waals surface area (Å²) in [5, 5.41) is 16.4. The smallest absolute Gasteiger partial charge is 0.242 e. The highest BCUT2D eigenvalue weighted by Crippen LogP contribution is 2.39. The Morgan fingerprint density at radius 3 is 2.59 bits per heavy atom. The van der Waals surface area contributed by atoms with Crippen LogP contribution in [0.3, 0.4) is 0 Å². The van der Waals surface area contributed by atoms with Crippen LogP contribution < -0.4 is 10.6 Å². The lowest BCUT2D eigenvalue weighted by molar-refractivity contribution is -0.127. The highest BCUT2D eigenvalue weighted by atomic mass is 32.2. The number of nitriles is 1. The van der Waals surface area contributed by atoms with Crippen LogP contribution in [0, 0.1) is 16.7 Å². The predicted molar refractivity (Wildman–Crippen MR) is 147 cm³/mol. The molecule has 192 valence electrons. The normalized spacial score (nSPS) is 20.7. The molecule has 0 spiro atoms. The second kappa shape index (κ2) is 11.1. The molecule has 2 aliphatic heterocycles. The Kier molecular flexibility index (Phi) is 7.89. The Morgan fingerprint density at radius 1 is 1.19 bits per heavy atom. The number of thioether (sulfide) groups is 1. The molecular weight excluding hydrogens is 486 g/mol. The summed E-state index contributed by atoms with van der Waals surface area (Å²) in [6.07, 6.45) is 0. The standard InChI is InChI=1S/C28H31N5O3S/c1-5-33-25(34)23(16-30-19-12-9-13-20(14-19)31-27(35)28(2,3)4)37-26(33)21(15-29)24-32-22(17-36-24)18-10-7-6-8-11-18/h6-14,22-23,30H,5,16-17H2,1-4H3,(H,31,35)/b26-21-/t22-,23+/m0/s1. The fraction of sp³-hybridized carbons (Fsp3) is 0.357. The van der Waals surface area contributed by atoms with Gasteiger partial charge >= 0.3 is 0 Å². The van der Waals surface area contributed by atoms with Gasteiger partial charge < -0.3 is 20.3 Å². The number of carbonyl (C=O) groups is 2. The van der Waals surface area contributed by atoms with Gasteiger partial charge in [0.05, 0.1) is 0 Å². The molecule has 0 aromatic heterocycles. The molecular formula is C28H31N5O3S. The first-order valence-corrected chi connectivity index (χ1v) is 13.1. The molecule has 1 fully saturated rings. The minimum atomic E-state index is -0.504. The topological polar surface area (TPSA) is 107 Å². The zero-order valence-corrected chi connectivity index (χ0v) is 22.3. The Labute approximate surface area is 221 Å². The van der Waals surface area contributed by atoms with Crippen molar-refractivity contribution in [1.82, 2.24) is 4.90 Å². The van der Waals surface area contributed by atoms with Crippen molar-refractivity contribution in [2.45, 2.75) is 39.0 Å². The third kappa shape index (κ3) is 5.97. The van der Waals surface area contributed by atoms with Crippen LogP contribution in [0.15, 0.2) is 70.2 Å². The molecule has 9 heteroatoms. The average molecular weight is 518 g/mol. The van der Waals surface area contributed by atoms with Gasteiger partial charge in [0.25, 0.3) is 0 Å². The maximum atomic E-state index is 13.2. The molecule has 2 heterocycles. The third-order valence-electron chi connectivity index (χ3n) is 6.02. The number of nitrogens with one attached hydrogen (secondary N) is 2. The molecule has 37 heavy (non-hydrogen) atoms. The van der Waals surface area contributed by atoms with E-state index in [4.69, 9.17) is 4.74 Å². The Balaban J connectivity index is 1.49. The van der Waals surface area contributed by atoms with E-state index in [0.29, 0.717) is 30.4 Å². The SMILES string of the molecule is CCN1C(=O)[C@@H](CNc2cccc(NC(=O)C(C)(C)C)c2)S/C1=C(/C#N)C1=N[C@H](c2ccccc2)CO1. The molecule has 2 aromatic rings. The van der Waals surface area contributed by atoms with Gasteiger partial charge in [-0.1, -0.05) is 68.9 Å². The first-order chi connectivity index (χ1) is 17.7. The van der Waals surface area contributed by atoms with Gasteiger partial charge in [-0.2, -0.15) is 5.26 Å². The van der Waals surface area contributed by atoms with Gasteiger partial charge in [-0.3, -0.25) is 9.59 Å². The minimum absolute atomic E-state index is 0.0712. The van der Waals surface area contributed by atoms with Crippen LogP contribution in [-0.2, 0) is 14.3 Å². The fourth-order valence-corrected chi connectivity index (χ4v) is 5.19. The van der Waals surface area contributed by atoms with Gasteiger partial charge in [0.1, 0.15) is 34.6 Å². The molecule has 0 unspecified atom stereocenters. The van der Waals surface area contributed by atoms with Crippen LogP contribution in [0.25, 0.3) is 0 Å². The zero-order chi connectivity index (χ0) is 26.6. The predicted octanol–water partition coefficient (Wildman–Crippen LogP) is 4.95. The van der Waals surface area contributed by atoms with Crippen molar-refractivity contribution in [2.24, 2.45) is 10.4 Å². The van der Waals surface area contributed by atoms with E-state index in [-0.39, 0.29) is 29.3 Å². The molecule has 1 saturated heterocycles. The Hall–Kier alpha value is -3.77. The number of anilines is 2. The van der Waals surface area contributed by atoms with Crippen molar-refractivity contribution >= 4 is 40.8 Å². The van der Waals surface area contributed by atoms with E-state index >= 15 is 0 Å². The number of nitrogens with zero attached hydrogens (tertiary/aromatic N) is 3. The number of amides is 2. The molecule has 4 rings (SSSR count). The van der Waals surface area contributed by atoms with Gasteiger partial charge in [0, 0.05) is 29.9 Å². The van der Waals surface area contributed by atoms with E-state index in [1.165, 1.54) is 11.8 Å². The van der Waals surface area contributed by atoms with Gasteiger partial charge in [0.2, 0.25) is 17.7 Å². The largest absolute Gasteiger partial charge is 0.474 e. The lowest BCUT2D eigenvalue weighted by Gasteiger charge is -2.18. The molecule has 2 aromatic carbocycles. The fourth-order valence-electron chi connectivity index (χ4n) is 3.92. The van der Waals surface area contributed by atoms with E-state index in [9.17, 15) is 14.9 Å². The van der Waals surface area contributed by atoms with E-state index in [1.54, 1.807) is 4.90 Å². The summed E-state index contributed by atoms with van der Waals surface area (Å²) in [5.41, 5.74) is 2.27. The summed E-state index contributed by atoms with van der Waals surface area (Å²) in [5.74, 6) is 0.134. The van der Waals surface area contributed by atoms with Gasteiger partial charge in [-0.25, -0.2) is 4.99 Å². The van der Waals surface area contributed by atoms with Crippen molar-refractivity contribution in [3.63, 3.8) is 0 Å². The second-order valence-electron chi connectivity index (χ2n) is 9.82. The maximum Gasteiger partial charge on any atom is 0.242 e. The van der Waals surface area contributed by atoms with Crippen molar-refractivity contribution in [3.05, 3.63) is 70.8 Å². The van der Waals surface area contributed by atoms with E-state index < -0.39 is 10.7 Å². The molecule has 8 nitrogen and oxygen atoms in total. The van der Waals surface area contributed by atoms with Crippen molar-refractivity contribution < 1.29 is 14.3 Å². The molecule has 2 aliphatic rings. The first kappa shape index (κ1) is 26.3. The first-order valence-electron chi connectivity index (χ1n) is 12.2. The summed E-state index contributed by atoms with van der Waals surface area (Å²) in [7, 11) is 0. The maximum absolute atomic E-state index is 13.2. The van der Waals surface area contributed by atoms with Gasteiger partial charge in [0.15, 0.2) is 0 Å². The zero-order valence-electron chi connectivity index (χ0n) is 21.4. The molecule has 2 atom stereocenters. The number of ether oxygens (including phenoxy) is 1. The van der Waals surface area contributed by atoms with Gasteiger partial charge in [-0.15, -0.1) is 0 Å². The van der Waals surface area contributed by atoms with Crippen LogP contribution in [-0.4, -0.2) is 47.6 Å². The summed E-state index contributed by atoms with van der Waals surface area (Å²) in [6, 6.07) is 19.2. The molecule has 2 N–H and O–H groups in total. The number of benzene rings is 2. The Morgan fingerprint density at radius 2 is 1.92 bits per heavy atom. The van der Waals surface area contributed by atoms with Crippen LogP contribution in [0.1, 0.15) is 39.3 Å². The number of hydrogen-bond donors (Lipinski definition) is 2. The monoisotopic (exact) mass is 517 g/mol. The summed E-state index contributed by atoms with van der Waals surface area (Å²) < 4.78 is 5.81. The van der Waals surface area contributed by atoms with Crippen molar-refractivity contribution in [1.29, 1.82) is 5.26 Å². The van der Waals surface area contributed by atoms with Crippen molar-refractivity contribution in [3.8, 4) is 6.07 Å². The molecule has 0 aliphatic carbocycles. The lowest BCUT2D eigenvalue weighted by Crippen LogP contribution is -2.32. The quantitative estimate of drug-likeness (QED) is 0.503. The second-order valence-corrected chi connectivity index (χ2v) is 11.0. The molecule has 0 bridgehead atoms. The number of aliphatic imine (C=N–C) groups is 1. The average Bonchev–Trinajstić information content (AvgIpc) is 3.48. The highest BCUT2D eigenvalue weighted by molar-refractivity contribution is 8.04. The summed E-state index contributed by atoms with van der Waals surface area (Å²) in [4.78, 5) is 31.8. The van der Waals surface area contributed by atoms with Crippen molar-refractivity contribution in [2.75, 3.05) is 30.3 Å². The Bertz CT molecular complexity index is 1280. The molecule has 0 saturated carbocycles. The number of rotatable bonds is 7. The third-order valence-corrected chi connectivity index (χ3v) is 7.33. The molecule has 0 radical (unpaired) electrons.